The van der Waals surface area contributed by atoms with Crippen LogP contribution in [-0.4, -0.2) is 18.1 Å². The Kier molecular flexibility index (Phi) is 8.34. The third kappa shape index (κ3) is 6.72. The van der Waals surface area contributed by atoms with Gasteiger partial charge >= 0.3 is 5.97 Å². The van der Waals surface area contributed by atoms with Gasteiger partial charge in [-0.2, -0.15) is 5.10 Å². The first-order valence-electron chi connectivity index (χ1n) is 10.9. The second-order valence-electron chi connectivity index (χ2n) is 7.54. The van der Waals surface area contributed by atoms with E-state index in [1.54, 1.807) is 84.9 Å². The van der Waals surface area contributed by atoms with Gasteiger partial charge < -0.3 is 9.47 Å². The Labute approximate surface area is 218 Å². The maximum Gasteiger partial charge on any atom is 0.343 e. The third-order valence-corrected chi connectivity index (χ3v) is 5.51. The summed E-state index contributed by atoms with van der Waals surface area (Å²) in [6.07, 6.45) is 1.40. The topological polar surface area (TPSA) is 77.0 Å². The molecule has 0 saturated heterocycles. The SMILES string of the molecule is O=C(Oc1ccccc1C=NNC(=O)c1ccccc1OCc1ccc(Cl)cc1)c1ccc(Cl)cc1. The zero-order valence-corrected chi connectivity index (χ0v) is 20.4. The minimum Gasteiger partial charge on any atom is -0.488 e. The van der Waals surface area contributed by atoms with Crippen molar-refractivity contribution in [2.24, 2.45) is 5.10 Å². The number of nitrogens with zero attached hydrogens (tertiary/aromatic N) is 1. The van der Waals surface area contributed by atoms with Crippen molar-refractivity contribution in [1.29, 1.82) is 0 Å². The number of hydrogen-bond acceptors (Lipinski definition) is 5. The summed E-state index contributed by atoms with van der Waals surface area (Å²) in [7, 11) is 0. The maximum absolute atomic E-state index is 12.8. The van der Waals surface area contributed by atoms with Gasteiger partial charge in [-0.1, -0.05) is 59.6 Å². The van der Waals surface area contributed by atoms with Gasteiger partial charge in [-0.05, 0) is 66.2 Å². The molecule has 0 unspecified atom stereocenters. The summed E-state index contributed by atoms with van der Waals surface area (Å²) in [4.78, 5) is 25.2. The molecule has 0 atom stereocenters. The van der Waals surface area contributed by atoms with Crippen LogP contribution in [0.5, 0.6) is 11.5 Å². The first kappa shape index (κ1) is 25.0. The average Bonchev–Trinajstić information content (AvgIpc) is 2.90. The summed E-state index contributed by atoms with van der Waals surface area (Å²) in [5.74, 6) is -0.281. The fraction of sp³-hybridized carbons (Fsp3) is 0.0357. The minimum atomic E-state index is -0.539. The number of nitrogens with one attached hydrogen (secondary N) is 1. The molecule has 6 nitrogen and oxygen atoms in total. The molecule has 0 heterocycles. The van der Waals surface area contributed by atoms with E-state index in [0.717, 1.165) is 5.56 Å². The van der Waals surface area contributed by atoms with Crippen molar-refractivity contribution in [3.63, 3.8) is 0 Å². The van der Waals surface area contributed by atoms with E-state index in [4.69, 9.17) is 32.7 Å². The highest BCUT2D eigenvalue weighted by Gasteiger charge is 2.13. The van der Waals surface area contributed by atoms with Gasteiger partial charge in [0.15, 0.2) is 0 Å². The van der Waals surface area contributed by atoms with E-state index in [1.165, 1.54) is 6.21 Å². The quantitative estimate of drug-likeness (QED) is 0.124. The van der Waals surface area contributed by atoms with Crippen molar-refractivity contribution >= 4 is 41.3 Å². The second-order valence-corrected chi connectivity index (χ2v) is 8.42. The molecule has 4 aromatic carbocycles. The Hall–Kier alpha value is -4.13. The number of carbonyl (C=O) groups is 2. The van der Waals surface area contributed by atoms with Gasteiger partial charge in [-0.25, -0.2) is 10.2 Å². The van der Waals surface area contributed by atoms with Crippen molar-refractivity contribution in [3.05, 3.63) is 129 Å². The van der Waals surface area contributed by atoms with E-state index < -0.39 is 11.9 Å². The van der Waals surface area contributed by atoms with Gasteiger partial charge in [0, 0.05) is 15.6 Å². The predicted octanol–water partition coefficient (Wildman–Crippen LogP) is 6.56. The van der Waals surface area contributed by atoms with Crippen LogP contribution in [0.25, 0.3) is 0 Å². The lowest BCUT2D eigenvalue weighted by Crippen LogP contribution is -2.19. The van der Waals surface area contributed by atoms with E-state index in [2.05, 4.69) is 10.5 Å². The molecule has 0 bridgehead atoms. The molecule has 1 N–H and O–H groups in total. The van der Waals surface area contributed by atoms with E-state index >= 15 is 0 Å². The average molecular weight is 519 g/mol. The zero-order chi connectivity index (χ0) is 25.3. The van der Waals surface area contributed by atoms with Crippen LogP contribution < -0.4 is 14.9 Å². The van der Waals surface area contributed by atoms with Gasteiger partial charge in [-0.15, -0.1) is 0 Å². The first-order chi connectivity index (χ1) is 17.5. The summed E-state index contributed by atoms with van der Waals surface area (Å²) >= 11 is 11.8. The lowest BCUT2D eigenvalue weighted by Gasteiger charge is -2.11. The van der Waals surface area contributed by atoms with Crippen LogP contribution in [-0.2, 0) is 6.61 Å². The van der Waals surface area contributed by atoms with Gasteiger partial charge in [0.05, 0.1) is 17.3 Å². The summed E-state index contributed by atoms with van der Waals surface area (Å²) < 4.78 is 11.3. The van der Waals surface area contributed by atoms with Crippen molar-refractivity contribution in [1.82, 2.24) is 5.43 Å². The number of hydrogen-bond donors (Lipinski definition) is 1. The maximum atomic E-state index is 12.8. The number of amides is 1. The number of rotatable bonds is 8. The molecule has 0 fully saturated rings. The fourth-order valence-corrected chi connectivity index (χ4v) is 3.42. The number of benzene rings is 4. The van der Waals surface area contributed by atoms with Crippen molar-refractivity contribution < 1.29 is 19.1 Å². The minimum absolute atomic E-state index is 0.275. The summed E-state index contributed by atoms with van der Waals surface area (Å²) in [6.45, 7) is 0.275. The van der Waals surface area contributed by atoms with Crippen LogP contribution in [0, 0.1) is 0 Å². The van der Waals surface area contributed by atoms with Gasteiger partial charge in [-0.3, -0.25) is 4.79 Å². The highest BCUT2D eigenvalue weighted by molar-refractivity contribution is 6.30. The Balaban J connectivity index is 1.41. The lowest BCUT2D eigenvalue weighted by molar-refractivity contribution is 0.0734. The van der Waals surface area contributed by atoms with Crippen LogP contribution >= 0.6 is 23.2 Å². The Morgan fingerprint density at radius 2 is 1.39 bits per heavy atom. The fourth-order valence-electron chi connectivity index (χ4n) is 3.17. The molecule has 4 rings (SSSR count). The monoisotopic (exact) mass is 518 g/mol. The largest absolute Gasteiger partial charge is 0.488 e. The van der Waals surface area contributed by atoms with Crippen molar-refractivity contribution in [3.8, 4) is 11.5 Å². The number of ether oxygens (including phenoxy) is 2. The standard InChI is InChI=1S/C28H20Cl2N2O4/c29-22-13-9-19(10-14-22)18-35-26-8-4-2-6-24(26)27(33)32-31-17-21-5-1-3-7-25(21)36-28(34)20-11-15-23(30)16-12-20/h1-17H,18H2,(H,32,33). The highest BCUT2D eigenvalue weighted by atomic mass is 35.5. The van der Waals surface area contributed by atoms with Gasteiger partial charge in [0.2, 0.25) is 0 Å². The molecule has 0 saturated carbocycles. The molecular weight excluding hydrogens is 499 g/mol. The predicted molar refractivity (Wildman–Crippen MR) is 140 cm³/mol. The van der Waals surface area contributed by atoms with Crippen molar-refractivity contribution in [2.75, 3.05) is 0 Å². The summed E-state index contributed by atoms with van der Waals surface area (Å²) in [5, 5.41) is 5.19. The number of halogens is 2. The number of esters is 1. The molecule has 0 spiro atoms. The van der Waals surface area contributed by atoms with E-state index in [1.807, 2.05) is 12.1 Å². The first-order valence-corrected chi connectivity index (χ1v) is 11.6. The van der Waals surface area contributed by atoms with E-state index in [-0.39, 0.29) is 6.61 Å². The lowest BCUT2D eigenvalue weighted by atomic mass is 10.2. The third-order valence-electron chi connectivity index (χ3n) is 5.01. The summed E-state index contributed by atoms with van der Waals surface area (Å²) in [6, 6.07) is 27.3. The second kappa shape index (κ2) is 12.0. The molecule has 0 aliphatic heterocycles. The Bertz CT molecular complexity index is 1390. The molecule has 0 aromatic heterocycles. The van der Waals surface area contributed by atoms with Gasteiger partial charge in [0.1, 0.15) is 18.1 Å². The van der Waals surface area contributed by atoms with Crippen molar-refractivity contribution in [2.45, 2.75) is 6.61 Å². The van der Waals surface area contributed by atoms with Gasteiger partial charge in [0.25, 0.3) is 5.91 Å². The van der Waals surface area contributed by atoms with E-state index in [9.17, 15) is 9.59 Å². The van der Waals surface area contributed by atoms with E-state index in [0.29, 0.717) is 38.2 Å². The molecular formula is C28H20Cl2N2O4. The molecule has 1 amide bonds. The number of hydrazone groups is 1. The molecule has 0 aliphatic rings. The number of para-hydroxylation sites is 2. The Morgan fingerprint density at radius 3 is 2.11 bits per heavy atom. The van der Waals surface area contributed by atoms with Crippen LogP contribution in [0.4, 0.5) is 0 Å². The van der Waals surface area contributed by atoms with Crippen LogP contribution in [0.15, 0.2) is 102 Å². The zero-order valence-electron chi connectivity index (χ0n) is 18.9. The molecule has 36 heavy (non-hydrogen) atoms. The van der Waals surface area contributed by atoms with Crippen LogP contribution in [0.1, 0.15) is 31.8 Å². The highest BCUT2D eigenvalue weighted by Crippen LogP contribution is 2.21. The van der Waals surface area contributed by atoms with Crippen LogP contribution in [0.3, 0.4) is 0 Å². The molecule has 0 radical (unpaired) electrons. The normalized spacial score (nSPS) is 10.7. The Morgan fingerprint density at radius 1 is 0.778 bits per heavy atom. The van der Waals surface area contributed by atoms with Crippen LogP contribution in [0.2, 0.25) is 10.0 Å². The summed E-state index contributed by atoms with van der Waals surface area (Å²) in [5.41, 5.74) is 4.59. The smallest absolute Gasteiger partial charge is 0.343 e. The molecule has 0 aliphatic carbocycles. The molecule has 4 aromatic rings. The molecule has 180 valence electrons. The molecule has 8 heteroatoms. The number of carbonyl (C=O) groups excluding carboxylic acids is 2.